The molecule has 3 aromatic rings. The summed E-state index contributed by atoms with van der Waals surface area (Å²) in [5.74, 6) is 0.126. The lowest BCUT2D eigenvalue weighted by Crippen LogP contribution is -2.34. The summed E-state index contributed by atoms with van der Waals surface area (Å²) >= 11 is 0. The van der Waals surface area contributed by atoms with Gasteiger partial charge in [-0.25, -0.2) is 9.89 Å². The van der Waals surface area contributed by atoms with E-state index in [2.05, 4.69) is 51.7 Å². The van der Waals surface area contributed by atoms with E-state index in [1.807, 2.05) is 17.7 Å². The standard InChI is InChI=1S/C26H35N5O4/c1-4-15-26(33,5-2)17-31-22(14-16-27-31)20-8-6-18(7-9-20)19-10-12-21(13-11-19)35-24-23(25(32)34-3)28-30-29-24/h6-9,14,16,19,21,33H,4-5,10-13,15,17H2,1-3H3,(H,28,29,30). The second-order valence-corrected chi connectivity index (χ2v) is 9.40. The third kappa shape index (κ3) is 5.73. The van der Waals surface area contributed by atoms with Crippen molar-refractivity contribution in [2.45, 2.75) is 83.0 Å². The van der Waals surface area contributed by atoms with Crippen LogP contribution in [-0.4, -0.2) is 55.1 Å². The van der Waals surface area contributed by atoms with Crippen LogP contribution in [0.15, 0.2) is 36.5 Å². The van der Waals surface area contributed by atoms with E-state index in [0.29, 0.717) is 18.9 Å². The molecule has 1 atom stereocenters. The summed E-state index contributed by atoms with van der Waals surface area (Å²) in [4.78, 5) is 11.8. The molecule has 0 radical (unpaired) electrons. The van der Waals surface area contributed by atoms with Gasteiger partial charge in [0.2, 0.25) is 5.69 Å². The highest BCUT2D eigenvalue weighted by Gasteiger charge is 2.28. The summed E-state index contributed by atoms with van der Waals surface area (Å²) in [5.41, 5.74) is 2.84. The number of rotatable bonds is 10. The number of aromatic nitrogens is 5. The average Bonchev–Trinajstić information content (AvgIpc) is 3.54. The van der Waals surface area contributed by atoms with Gasteiger partial charge >= 0.3 is 5.97 Å². The molecular formula is C26H35N5O4. The molecule has 0 aliphatic heterocycles. The van der Waals surface area contributed by atoms with Crippen LogP contribution >= 0.6 is 0 Å². The molecule has 2 heterocycles. The largest absolute Gasteiger partial charge is 0.472 e. The lowest BCUT2D eigenvalue weighted by atomic mass is 9.82. The predicted molar refractivity (Wildman–Crippen MR) is 131 cm³/mol. The Hall–Kier alpha value is -3.20. The van der Waals surface area contributed by atoms with E-state index in [-0.39, 0.29) is 17.7 Å². The van der Waals surface area contributed by atoms with Crippen molar-refractivity contribution in [2.24, 2.45) is 0 Å². The number of H-pyrrole nitrogens is 1. The Bertz CT molecular complexity index is 1100. The van der Waals surface area contributed by atoms with Crippen LogP contribution in [0.1, 0.15) is 80.8 Å². The number of aliphatic hydroxyl groups is 1. The highest BCUT2D eigenvalue weighted by Crippen LogP contribution is 2.35. The number of methoxy groups -OCH3 is 1. The first kappa shape index (κ1) is 24.9. The Morgan fingerprint density at radius 1 is 1.17 bits per heavy atom. The summed E-state index contributed by atoms with van der Waals surface area (Å²) < 4.78 is 12.6. The third-order valence-electron chi connectivity index (χ3n) is 7.07. The predicted octanol–water partition coefficient (Wildman–Crippen LogP) is 4.50. The smallest absolute Gasteiger partial charge is 0.361 e. The number of carbonyl (C=O) groups excluding carboxylic acids is 1. The molecule has 9 nitrogen and oxygen atoms in total. The Labute approximate surface area is 205 Å². The Kier molecular flexibility index (Phi) is 7.85. The van der Waals surface area contributed by atoms with Gasteiger partial charge in [-0.1, -0.05) is 54.8 Å². The van der Waals surface area contributed by atoms with Crippen molar-refractivity contribution in [3.05, 3.63) is 47.8 Å². The van der Waals surface area contributed by atoms with Crippen LogP contribution in [0.2, 0.25) is 0 Å². The van der Waals surface area contributed by atoms with Gasteiger partial charge < -0.3 is 14.6 Å². The number of carbonyl (C=O) groups is 1. The van der Waals surface area contributed by atoms with Crippen LogP contribution < -0.4 is 4.74 Å². The second kappa shape index (κ2) is 11.0. The molecule has 0 bridgehead atoms. The van der Waals surface area contributed by atoms with Crippen molar-refractivity contribution in [1.82, 2.24) is 25.2 Å². The minimum atomic E-state index is -0.736. The maximum absolute atomic E-state index is 11.8. The SMILES string of the molecule is CCCC(O)(CC)Cn1nccc1-c1ccc(C2CCC(Oc3nn[nH]c3C(=O)OC)CC2)cc1. The lowest BCUT2D eigenvalue weighted by Gasteiger charge is -2.29. The number of benzene rings is 1. The van der Waals surface area contributed by atoms with Gasteiger partial charge in [-0.05, 0) is 61.6 Å². The number of aromatic amines is 1. The first-order chi connectivity index (χ1) is 17.0. The van der Waals surface area contributed by atoms with Gasteiger partial charge in [-0.15, -0.1) is 0 Å². The maximum atomic E-state index is 11.8. The number of nitrogens with one attached hydrogen (secondary N) is 1. The molecule has 2 aromatic heterocycles. The van der Waals surface area contributed by atoms with Crippen LogP contribution in [0.25, 0.3) is 11.3 Å². The van der Waals surface area contributed by atoms with E-state index < -0.39 is 11.6 Å². The van der Waals surface area contributed by atoms with Gasteiger partial charge in [-0.3, -0.25) is 4.68 Å². The fourth-order valence-electron chi connectivity index (χ4n) is 4.95. The molecule has 1 unspecified atom stereocenters. The molecule has 35 heavy (non-hydrogen) atoms. The molecule has 1 saturated carbocycles. The van der Waals surface area contributed by atoms with E-state index in [9.17, 15) is 9.90 Å². The van der Waals surface area contributed by atoms with Crippen LogP contribution in [0.5, 0.6) is 5.88 Å². The molecule has 0 amide bonds. The monoisotopic (exact) mass is 481 g/mol. The van der Waals surface area contributed by atoms with Crippen molar-refractivity contribution < 1.29 is 19.4 Å². The summed E-state index contributed by atoms with van der Waals surface area (Å²) in [7, 11) is 1.31. The number of ether oxygens (including phenoxy) is 2. The number of esters is 1. The Balaban J connectivity index is 1.37. The third-order valence-corrected chi connectivity index (χ3v) is 7.07. The molecule has 4 rings (SSSR count). The topological polar surface area (TPSA) is 115 Å². The summed E-state index contributed by atoms with van der Waals surface area (Å²) in [6, 6.07) is 10.7. The highest BCUT2D eigenvalue weighted by molar-refractivity contribution is 5.89. The zero-order valence-electron chi connectivity index (χ0n) is 20.7. The summed E-state index contributed by atoms with van der Waals surface area (Å²) in [5, 5.41) is 25.5. The molecule has 0 saturated heterocycles. The van der Waals surface area contributed by atoms with Crippen molar-refractivity contribution in [2.75, 3.05) is 7.11 Å². The van der Waals surface area contributed by atoms with E-state index in [1.54, 1.807) is 6.20 Å². The Morgan fingerprint density at radius 2 is 1.91 bits per heavy atom. The van der Waals surface area contributed by atoms with Gasteiger partial charge in [0.05, 0.1) is 24.9 Å². The normalized spacial score (nSPS) is 19.8. The molecule has 9 heteroatoms. The molecular weight excluding hydrogens is 446 g/mol. The average molecular weight is 482 g/mol. The van der Waals surface area contributed by atoms with Gasteiger partial charge in [0, 0.05) is 6.20 Å². The second-order valence-electron chi connectivity index (χ2n) is 9.40. The van der Waals surface area contributed by atoms with E-state index >= 15 is 0 Å². The maximum Gasteiger partial charge on any atom is 0.361 e. The van der Waals surface area contributed by atoms with Crippen LogP contribution in [-0.2, 0) is 11.3 Å². The zero-order valence-corrected chi connectivity index (χ0v) is 20.7. The molecule has 2 N–H and O–H groups in total. The minimum absolute atomic E-state index is 0.00573. The zero-order chi connectivity index (χ0) is 24.8. The fourth-order valence-corrected chi connectivity index (χ4v) is 4.95. The van der Waals surface area contributed by atoms with Crippen molar-refractivity contribution in [1.29, 1.82) is 0 Å². The lowest BCUT2D eigenvalue weighted by molar-refractivity contribution is 0.00713. The summed E-state index contributed by atoms with van der Waals surface area (Å²) in [6.07, 6.45) is 7.93. The number of hydrogen-bond acceptors (Lipinski definition) is 7. The number of hydrogen-bond donors (Lipinski definition) is 2. The molecule has 1 aliphatic carbocycles. The molecule has 1 fully saturated rings. The van der Waals surface area contributed by atoms with E-state index in [0.717, 1.165) is 49.8 Å². The first-order valence-electron chi connectivity index (χ1n) is 12.5. The quantitative estimate of drug-likeness (QED) is 0.410. The van der Waals surface area contributed by atoms with Crippen molar-refractivity contribution >= 4 is 5.97 Å². The van der Waals surface area contributed by atoms with Crippen LogP contribution in [0.4, 0.5) is 0 Å². The van der Waals surface area contributed by atoms with Gasteiger partial charge in [0.15, 0.2) is 0 Å². The highest BCUT2D eigenvalue weighted by atomic mass is 16.5. The molecule has 1 aromatic carbocycles. The van der Waals surface area contributed by atoms with Crippen LogP contribution in [0, 0.1) is 0 Å². The van der Waals surface area contributed by atoms with Crippen molar-refractivity contribution in [3.63, 3.8) is 0 Å². The van der Waals surface area contributed by atoms with Gasteiger partial charge in [0.1, 0.15) is 6.10 Å². The van der Waals surface area contributed by atoms with E-state index in [4.69, 9.17) is 9.47 Å². The Morgan fingerprint density at radius 3 is 2.57 bits per heavy atom. The molecule has 188 valence electrons. The fraction of sp³-hybridized carbons (Fsp3) is 0.538. The molecule has 0 spiro atoms. The minimum Gasteiger partial charge on any atom is -0.472 e. The summed E-state index contributed by atoms with van der Waals surface area (Å²) in [6.45, 7) is 4.61. The molecule has 1 aliphatic rings. The first-order valence-corrected chi connectivity index (χ1v) is 12.5. The van der Waals surface area contributed by atoms with Crippen LogP contribution in [0.3, 0.4) is 0 Å². The van der Waals surface area contributed by atoms with Gasteiger partial charge in [0.25, 0.3) is 5.88 Å². The van der Waals surface area contributed by atoms with Crippen molar-refractivity contribution in [3.8, 4) is 17.1 Å². The van der Waals surface area contributed by atoms with E-state index in [1.165, 1.54) is 12.7 Å². The number of nitrogens with zero attached hydrogens (tertiary/aromatic N) is 4. The van der Waals surface area contributed by atoms with Gasteiger partial charge in [-0.2, -0.15) is 5.10 Å².